The van der Waals surface area contributed by atoms with Crippen LogP contribution in [0.2, 0.25) is 0 Å². The lowest BCUT2D eigenvalue weighted by atomic mass is 10.2. The van der Waals surface area contributed by atoms with Gasteiger partial charge in [0, 0.05) is 18.9 Å². The Morgan fingerprint density at radius 2 is 2.06 bits per heavy atom. The molecule has 5 heteroatoms. The first-order valence-corrected chi connectivity index (χ1v) is 6.38. The smallest absolute Gasteiger partial charge is 0.261 e. The summed E-state index contributed by atoms with van der Waals surface area (Å²) >= 11 is 1.48. The van der Waals surface area contributed by atoms with E-state index in [1.54, 1.807) is 14.2 Å². The number of ether oxygens (including phenoxy) is 2. The zero-order chi connectivity index (χ0) is 13.0. The number of benzene rings is 1. The van der Waals surface area contributed by atoms with E-state index in [9.17, 15) is 4.79 Å². The first-order chi connectivity index (χ1) is 8.74. The summed E-state index contributed by atoms with van der Waals surface area (Å²) in [5, 5.41) is 3.87. The summed E-state index contributed by atoms with van der Waals surface area (Å²) in [5.74, 6) is -0.102. The Morgan fingerprint density at radius 1 is 1.33 bits per heavy atom. The number of fused-ring (bicyclic) bond motifs is 1. The fraction of sp³-hybridized carbons (Fsp3) is 0.308. The molecule has 2 rings (SSSR count). The van der Waals surface area contributed by atoms with E-state index < -0.39 is 6.29 Å². The fourth-order valence-electron chi connectivity index (χ4n) is 1.62. The topological polar surface area (TPSA) is 47.6 Å². The Morgan fingerprint density at radius 3 is 2.72 bits per heavy atom. The maximum atomic E-state index is 11.9. The highest BCUT2D eigenvalue weighted by atomic mass is 32.1. The van der Waals surface area contributed by atoms with Gasteiger partial charge in [-0.2, -0.15) is 0 Å². The molecule has 1 aromatic carbocycles. The lowest BCUT2D eigenvalue weighted by Gasteiger charge is -2.13. The molecule has 1 aromatic heterocycles. The van der Waals surface area contributed by atoms with Crippen molar-refractivity contribution in [2.45, 2.75) is 6.29 Å². The molecule has 0 saturated carbocycles. The minimum absolute atomic E-state index is 0.102. The van der Waals surface area contributed by atoms with Crippen LogP contribution in [0, 0.1) is 0 Å². The van der Waals surface area contributed by atoms with E-state index in [4.69, 9.17) is 9.47 Å². The molecule has 96 valence electrons. The first-order valence-electron chi connectivity index (χ1n) is 5.57. The predicted octanol–water partition coefficient (Wildman–Crippen LogP) is 2.25. The zero-order valence-corrected chi connectivity index (χ0v) is 11.1. The maximum Gasteiger partial charge on any atom is 0.261 e. The van der Waals surface area contributed by atoms with E-state index >= 15 is 0 Å². The third-order valence-corrected chi connectivity index (χ3v) is 3.72. The minimum atomic E-state index is -0.414. The van der Waals surface area contributed by atoms with Crippen molar-refractivity contribution >= 4 is 27.3 Å². The Kier molecular flexibility index (Phi) is 4.30. The van der Waals surface area contributed by atoms with E-state index in [-0.39, 0.29) is 5.91 Å². The monoisotopic (exact) mass is 265 g/mol. The van der Waals surface area contributed by atoms with Gasteiger partial charge < -0.3 is 14.8 Å². The van der Waals surface area contributed by atoms with Gasteiger partial charge in [-0.1, -0.05) is 18.2 Å². The van der Waals surface area contributed by atoms with Crippen LogP contribution in [-0.2, 0) is 9.47 Å². The van der Waals surface area contributed by atoms with Gasteiger partial charge in [0.25, 0.3) is 5.91 Å². The largest absolute Gasteiger partial charge is 0.354 e. The van der Waals surface area contributed by atoms with Gasteiger partial charge in [-0.25, -0.2) is 0 Å². The molecule has 0 bridgehead atoms. The number of nitrogens with one attached hydrogen (secondary N) is 1. The van der Waals surface area contributed by atoms with Gasteiger partial charge in [0.05, 0.1) is 11.4 Å². The van der Waals surface area contributed by atoms with Crippen LogP contribution in [0.1, 0.15) is 9.67 Å². The molecule has 0 saturated heterocycles. The van der Waals surface area contributed by atoms with Crippen molar-refractivity contribution in [2.24, 2.45) is 0 Å². The average Bonchev–Trinajstić information content (AvgIpc) is 2.83. The lowest BCUT2D eigenvalue weighted by Crippen LogP contribution is -2.33. The minimum Gasteiger partial charge on any atom is -0.354 e. The van der Waals surface area contributed by atoms with Crippen LogP contribution < -0.4 is 5.32 Å². The Balaban J connectivity index is 2.04. The van der Waals surface area contributed by atoms with Crippen LogP contribution in [0.3, 0.4) is 0 Å². The molecule has 4 nitrogen and oxygen atoms in total. The number of amides is 1. The molecule has 18 heavy (non-hydrogen) atoms. The van der Waals surface area contributed by atoms with E-state index in [1.165, 1.54) is 11.3 Å². The quantitative estimate of drug-likeness (QED) is 0.843. The van der Waals surface area contributed by atoms with Crippen LogP contribution in [0.4, 0.5) is 0 Å². The molecule has 1 N–H and O–H groups in total. The highest BCUT2D eigenvalue weighted by molar-refractivity contribution is 7.20. The molecule has 0 spiro atoms. The van der Waals surface area contributed by atoms with Crippen molar-refractivity contribution in [2.75, 3.05) is 20.8 Å². The number of thiophene rings is 1. The molecule has 0 aliphatic carbocycles. The van der Waals surface area contributed by atoms with Crippen molar-refractivity contribution in [3.05, 3.63) is 35.2 Å². The molecule has 0 aliphatic rings. The summed E-state index contributed by atoms with van der Waals surface area (Å²) in [6.07, 6.45) is -0.414. The summed E-state index contributed by atoms with van der Waals surface area (Å²) < 4.78 is 11.1. The third-order valence-electron chi connectivity index (χ3n) is 2.60. The van der Waals surface area contributed by atoms with Crippen LogP contribution >= 0.6 is 11.3 Å². The Bertz CT molecular complexity index is 501. The van der Waals surface area contributed by atoms with Gasteiger partial charge in [-0.05, 0) is 17.5 Å². The summed E-state index contributed by atoms with van der Waals surface area (Å²) in [5.41, 5.74) is 0. The van der Waals surface area contributed by atoms with E-state index in [2.05, 4.69) is 5.32 Å². The number of methoxy groups -OCH3 is 2. The summed E-state index contributed by atoms with van der Waals surface area (Å²) in [6, 6.07) is 9.82. The van der Waals surface area contributed by atoms with E-state index in [1.807, 2.05) is 30.3 Å². The van der Waals surface area contributed by atoms with Gasteiger partial charge in [-0.3, -0.25) is 4.79 Å². The summed E-state index contributed by atoms with van der Waals surface area (Å²) in [4.78, 5) is 12.6. The fourth-order valence-corrected chi connectivity index (χ4v) is 2.60. The van der Waals surface area contributed by atoms with E-state index in [0.29, 0.717) is 11.4 Å². The SMILES string of the molecule is COC(CNC(=O)c1cc2ccccc2s1)OC. The molecule has 0 unspecified atom stereocenters. The number of hydrogen-bond acceptors (Lipinski definition) is 4. The molecule has 0 fully saturated rings. The third kappa shape index (κ3) is 2.87. The molecule has 0 aliphatic heterocycles. The molecular formula is C13H15NO3S. The van der Waals surface area contributed by atoms with Gasteiger partial charge in [0.1, 0.15) is 0 Å². The normalized spacial score (nSPS) is 11.1. The second-order valence-electron chi connectivity index (χ2n) is 3.76. The van der Waals surface area contributed by atoms with Crippen LogP contribution in [0.25, 0.3) is 10.1 Å². The summed E-state index contributed by atoms with van der Waals surface area (Å²) in [6.45, 7) is 0.333. The van der Waals surface area contributed by atoms with Gasteiger partial charge in [-0.15, -0.1) is 11.3 Å². The van der Waals surface area contributed by atoms with Crippen LogP contribution in [0.15, 0.2) is 30.3 Å². The standard InChI is InChI=1S/C13H15NO3S/c1-16-12(17-2)8-14-13(15)11-7-9-5-3-4-6-10(9)18-11/h3-7,12H,8H2,1-2H3,(H,14,15). The van der Waals surface area contributed by atoms with E-state index in [0.717, 1.165) is 10.1 Å². The van der Waals surface area contributed by atoms with Gasteiger partial charge >= 0.3 is 0 Å². The zero-order valence-electron chi connectivity index (χ0n) is 10.3. The number of rotatable bonds is 5. The predicted molar refractivity (Wildman–Crippen MR) is 72.0 cm³/mol. The molecular weight excluding hydrogens is 250 g/mol. The van der Waals surface area contributed by atoms with Crippen molar-refractivity contribution in [1.29, 1.82) is 0 Å². The average molecular weight is 265 g/mol. The van der Waals surface area contributed by atoms with Crippen LogP contribution in [0.5, 0.6) is 0 Å². The van der Waals surface area contributed by atoms with Crippen molar-refractivity contribution in [1.82, 2.24) is 5.32 Å². The van der Waals surface area contributed by atoms with Crippen molar-refractivity contribution in [3.63, 3.8) is 0 Å². The highest BCUT2D eigenvalue weighted by Gasteiger charge is 2.12. The molecule has 0 atom stereocenters. The van der Waals surface area contributed by atoms with Crippen molar-refractivity contribution < 1.29 is 14.3 Å². The first kappa shape index (κ1) is 13.0. The van der Waals surface area contributed by atoms with Crippen molar-refractivity contribution in [3.8, 4) is 0 Å². The molecule has 2 aromatic rings. The second kappa shape index (κ2) is 5.95. The van der Waals surface area contributed by atoms with Gasteiger partial charge in [0.2, 0.25) is 0 Å². The Hall–Kier alpha value is -1.43. The molecule has 1 heterocycles. The molecule has 0 radical (unpaired) electrons. The van der Waals surface area contributed by atoms with Gasteiger partial charge in [0.15, 0.2) is 6.29 Å². The second-order valence-corrected chi connectivity index (χ2v) is 4.84. The number of carbonyl (C=O) groups is 1. The van der Waals surface area contributed by atoms with Crippen LogP contribution in [-0.4, -0.2) is 33.0 Å². The Labute approximate surface area is 110 Å². The number of carbonyl (C=O) groups excluding carboxylic acids is 1. The maximum absolute atomic E-state index is 11.9. The number of hydrogen-bond donors (Lipinski definition) is 1. The summed E-state index contributed by atoms with van der Waals surface area (Å²) in [7, 11) is 3.08. The molecule has 1 amide bonds. The lowest BCUT2D eigenvalue weighted by molar-refractivity contribution is -0.0974. The highest BCUT2D eigenvalue weighted by Crippen LogP contribution is 2.24.